The number of likely N-dealkylation sites (tertiary alicyclic amines) is 1. The van der Waals surface area contributed by atoms with Gasteiger partial charge in [-0.2, -0.15) is 0 Å². The Balaban J connectivity index is 1.88. The minimum absolute atomic E-state index is 0.128. The number of nitrogens with zero attached hydrogens (tertiary/aromatic N) is 1. The monoisotopic (exact) mass is 280 g/mol. The summed E-state index contributed by atoms with van der Waals surface area (Å²) in [5, 5.41) is 11.6. The molecule has 0 radical (unpaired) electrons. The van der Waals surface area contributed by atoms with Crippen LogP contribution in [0, 0.1) is 5.82 Å². The summed E-state index contributed by atoms with van der Waals surface area (Å²) >= 11 is 0. The van der Waals surface area contributed by atoms with Crippen LogP contribution in [0.5, 0.6) is 0 Å². The van der Waals surface area contributed by atoms with Crippen LogP contribution in [0.3, 0.4) is 0 Å². The molecule has 6 heteroatoms. The molecular formula is C14H17FN2O3. The molecule has 1 aromatic carbocycles. The minimum atomic E-state index is -0.699. The summed E-state index contributed by atoms with van der Waals surface area (Å²) in [6.45, 7) is 0.535. The third-order valence-corrected chi connectivity index (χ3v) is 3.41. The van der Waals surface area contributed by atoms with E-state index in [0.29, 0.717) is 18.5 Å². The van der Waals surface area contributed by atoms with Gasteiger partial charge in [0.1, 0.15) is 5.82 Å². The van der Waals surface area contributed by atoms with Crippen LogP contribution >= 0.6 is 0 Å². The second-order valence-electron chi connectivity index (χ2n) is 4.79. The molecule has 2 amide bonds. The van der Waals surface area contributed by atoms with Crippen molar-refractivity contribution in [3.63, 3.8) is 0 Å². The first-order chi connectivity index (χ1) is 9.61. The average Bonchev–Trinajstić information content (AvgIpc) is 2.94. The average molecular weight is 280 g/mol. The van der Waals surface area contributed by atoms with E-state index in [4.69, 9.17) is 5.11 Å². The number of carbonyl (C=O) groups is 2. The van der Waals surface area contributed by atoms with Gasteiger partial charge in [-0.1, -0.05) is 12.1 Å². The van der Waals surface area contributed by atoms with Crippen molar-refractivity contribution in [3.05, 3.63) is 35.6 Å². The maximum Gasteiger partial charge on any atom is 0.312 e. The zero-order chi connectivity index (χ0) is 14.5. The molecule has 1 aromatic rings. The molecule has 0 aliphatic carbocycles. The van der Waals surface area contributed by atoms with Crippen molar-refractivity contribution >= 4 is 11.8 Å². The van der Waals surface area contributed by atoms with Crippen molar-refractivity contribution in [2.75, 3.05) is 13.2 Å². The highest BCUT2D eigenvalue weighted by molar-refractivity contribution is 6.35. The number of aliphatic hydroxyl groups excluding tert-OH is 1. The maximum atomic E-state index is 12.7. The van der Waals surface area contributed by atoms with Gasteiger partial charge < -0.3 is 15.3 Å². The summed E-state index contributed by atoms with van der Waals surface area (Å²) in [7, 11) is 0. The fourth-order valence-corrected chi connectivity index (χ4v) is 2.28. The van der Waals surface area contributed by atoms with Gasteiger partial charge in [0.15, 0.2) is 0 Å². The Morgan fingerprint density at radius 1 is 1.35 bits per heavy atom. The van der Waals surface area contributed by atoms with E-state index in [2.05, 4.69) is 5.32 Å². The van der Waals surface area contributed by atoms with Gasteiger partial charge in [-0.3, -0.25) is 9.59 Å². The first-order valence-corrected chi connectivity index (χ1v) is 6.56. The van der Waals surface area contributed by atoms with E-state index in [1.807, 2.05) is 0 Å². The number of benzene rings is 1. The fraction of sp³-hybridized carbons (Fsp3) is 0.429. The number of hydrogen-bond donors (Lipinski definition) is 2. The molecule has 0 spiro atoms. The zero-order valence-electron chi connectivity index (χ0n) is 11.0. The molecule has 1 fully saturated rings. The van der Waals surface area contributed by atoms with E-state index in [0.717, 1.165) is 6.42 Å². The number of aliphatic hydroxyl groups is 1. The Morgan fingerprint density at radius 2 is 2.05 bits per heavy atom. The summed E-state index contributed by atoms with van der Waals surface area (Å²) in [4.78, 5) is 25.1. The molecular weight excluding hydrogens is 263 g/mol. The molecule has 0 unspecified atom stereocenters. The van der Waals surface area contributed by atoms with Gasteiger partial charge in [0.25, 0.3) is 0 Å². The predicted molar refractivity (Wildman–Crippen MR) is 70.1 cm³/mol. The summed E-state index contributed by atoms with van der Waals surface area (Å²) < 4.78 is 12.7. The Bertz CT molecular complexity index is 490. The second kappa shape index (κ2) is 6.47. The van der Waals surface area contributed by atoms with Crippen LogP contribution in [0.15, 0.2) is 24.3 Å². The molecule has 5 nitrogen and oxygen atoms in total. The van der Waals surface area contributed by atoms with Crippen LogP contribution in [0.2, 0.25) is 0 Å². The standard InChI is InChI=1S/C14H17FN2O3/c15-11-5-3-10(4-6-11)8-16-13(19)14(20)17-7-1-2-12(17)9-18/h3-6,12,18H,1-2,7-9H2,(H,16,19)/t12-/m1/s1. The summed E-state index contributed by atoms with van der Waals surface area (Å²) in [5.41, 5.74) is 0.715. The normalized spacial score (nSPS) is 18.1. The van der Waals surface area contributed by atoms with Crippen molar-refractivity contribution in [1.29, 1.82) is 0 Å². The molecule has 20 heavy (non-hydrogen) atoms. The molecule has 108 valence electrons. The quantitative estimate of drug-likeness (QED) is 0.789. The molecule has 1 atom stereocenters. The number of carbonyl (C=O) groups excluding carboxylic acids is 2. The van der Waals surface area contributed by atoms with Crippen LogP contribution in [-0.2, 0) is 16.1 Å². The largest absolute Gasteiger partial charge is 0.394 e. The van der Waals surface area contributed by atoms with E-state index in [1.165, 1.54) is 17.0 Å². The van der Waals surface area contributed by atoms with Gasteiger partial charge >= 0.3 is 11.8 Å². The van der Waals surface area contributed by atoms with Crippen molar-refractivity contribution in [2.45, 2.75) is 25.4 Å². The van der Waals surface area contributed by atoms with E-state index >= 15 is 0 Å². The Kier molecular flexibility index (Phi) is 4.68. The number of halogens is 1. The first-order valence-electron chi connectivity index (χ1n) is 6.56. The van der Waals surface area contributed by atoms with Crippen molar-refractivity contribution in [2.24, 2.45) is 0 Å². The highest BCUT2D eigenvalue weighted by atomic mass is 19.1. The molecule has 1 heterocycles. The Labute approximate surface area is 116 Å². The van der Waals surface area contributed by atoms with Gasteiger partial charge in [0, 0.05) is 13.1 Å². The van der Waals surface area contributed by atoms with E-state index < -0.39 is 11.8 Å². The van der Waals surface area contributed by atoms with Gasteiger partial charge in [0.05, 0.1) is 12.6 Å². The molecule has 0 bridgehead atoms. The molecule has 2 rings (SSSR count). The zero-order valence-corrected chi connectivity index (χ0v) is 11.0. The third kappa shape index (κ3) is 3.33. The first kappa shape index (κ1) is 14.5. The predicted octanol–water partition coefficient (Wildman–Crippen LogP) is 0.425. The number of amides is 2. The number of hydrogen-bond acceptors (Lipinski definition) is 3. The lowest BCUT2D eigenvalue weighted by molar-refractivity contribution is -0.146. The number of rotatable bonds is 3. The lowest BCUT2D eigenvalue weighted by atomic mass is 10.2. The molecule has 1 aliphatic heterocycles. The smallest absolute Gasteiger partial charge is 0.312 e. The summed E-state index contributed by atoms with van der Waals surface area (Å²) in [6.07, 6.45) is 1.51. The highest BCUT2D eigenvalue weighted by Gasteiger charge is 2.31. The second-order valence-corrected chi connectivity index (χ2v) is 4.79. The molecule has 1 aliphatic rings. The van der Waals surface area contributed by atoms with Crippen molar-refractivity contribution < 1.29 is 19.1 Å². The van der Waals surface area contributed by atoms with E-state index in [-0.39, 0.29) is 25.0 Å². The third-order valence-electron chi connectivity index (χ3n) is 3.41. The van der Waals surface area contributed by atoms with Gasteiger partial charge in [0.2, 0.25) is 0 Å². The van der Waals surface area contributed by atoms with Crippen molar-refractivity contribution in [3.8, 4) is 0 Å². The van der Waals surface area contributed by atoms with Crippen LogP contribution in [0.1, 0.15) is 18.4 Å². The Hall–Kier alpha value is -1.95. The van der Waals surface area contributed by atoms with Crippen LogP contribution < -0.4 is 5.32 Å². The Morgan fingerprint density at radius 3 is 2.70 bits per heavy atom. The molecule has 0 saturated carbocycles. The number of nitrogens with one attached hydrogen (secondary N) is 1. The highest BCUT2D eigenvalue weighted by Crippen LogP contribution is 2.16. The van der Waals surface area contributed by atoms with Crippen LogP contribution in [-0.4, -0.2) is 41.0 Å². The van der Waals surface area contributed by atoms with Gasteiger partial charge in [-0.15, -0.1) is 0 Å². The molecule has 0 aromatic heterocycles. The van der Waals surface area contributed by atoms with E-state index in [9.17, 15) is 14.0 Å². The van der Waals surface area contributed by atoms with Gasteiger partial charge in [-0.25, -0.2) is 4.39 Å². The summed E-state index contributed by atoms with van der Waals surface area (Å²) in [6, 6.07) is 5.43. The summed E-state index contributed by atoms with van der Waals surface area (Å²) in [5.74, 6) is -1.67. The van der Waals surface area contributed by atoms with E-state index in [1.54, 1.807) is 12.1 Å². The minimum Gasteiger partial charge on any atom is -0.394 e. The fourth-order valence-electron chi connectivity index (χ4n) is 2.28. The SMILES string of the molecule is O=C(NCc1ccc(F)cc1)C(=O)N1CCC[C@@H]1CO. The maximum absolute atomic E-state index is 12.7. The molecule has 2 N–H and O–H groups in total. The molecule has 1 saturated heterocycles. The topological polar surface area (TPSA) is 69.6 Å². The lowest BCUT2D eigenvalue weighted by Crippen LogP contribution is -2.46. The van der Waals surface area contributed by atoms with Gasteiger partial charge in [-0.05, 0) is 30.5 Å². The van der Waals surface area contributed by atoms with Crippen LogP contribution in [0.4, 0.5) is 4.39 Å². The lowest BCUT2D eigenvalue weighted by Gasteiger charge is -2.22. The van der Waals surface area contributed by atoms with Crippen LogP contribution in [0.25, 0.3) is 0 Å². The van der Waals surface area contributed by atoms with Crippen molar-refractivity contribution in [1.82, 2.24) is 10.2 Å².